The van der Waals surface area contributed by atoms with Crippen LogP contribution in [0.25, 0.3) is 0 Å². The molecule has 1 amide bonds. The fourth-order valence-corrected chi connectivity index (χ4v) is 2.56. The molecule has 1 atom stereocenters. The number of rotatable bonds is 5. The zero-order valence-electron chi connectivity index (χ0n) is 12.5. The van der Waals surface area contributed by atoms with E-state index in [-0.39, 0.29) is 18.9 Å². The summed E-state index contributed by atoms with van der Waals surface area (Å²) < 4.78 is 0. The Hall–Kier alpha value is -2.89. The molecule has 1 aliphatic rings. The van der Waals surface area contributed by atoms with Gasteiger partial charge in [0.25, 0.3) is 0 Å². The highest BCUT2D eigenvalue weighted by atomic mass is 16.4. The lowest BCUT2D eigenvalue weighted by Crippen LogP contribution is -2.25. The molecule has 0 unspecified atom stereocenters. The Morgan fingerprint density at radius 1 is 1.26 bits per heavy atom. The summed E-state index contributed by atoms with van der Waals surface area (Å²) in [6.07, 6.45) is 1.64. The van der Waals surface area contributed by atoms with Crippen molar-refractivity contribution in [2.45, 2.75) is 13.0 Å². The van der Waals surface area contributed by atoms with Crippen LogP contribution in [0, 0.1) is 5.92 Å². The number of aromatic nitrogens is 1. The summed E-state index contributed by atoms with van der Waals surface area (Å²) in [6.45, 7) is 0.865. The monoisotopic (exact) mass is 311 g/mol. The van der Waals surface area contributed by atoms with Crippen LogP contribution in [0.1, 0.15) is 12.0 Å². The van der Waals surface area contributed by atoms with Gasteiger partial charge in [0, 0.05) is 19.5 Å². The summed E-state index contributed by atoms with van der Waals surface area (Å²) >= 11 is 0. The molecule has 1 saturated heterocycles. The van der Waals surface area contributed by atoms with Gasteiger partial charge in [-0.05, 0) is 17.7 Å². The average Bonchev–Trinajstić information content (AvgIpc) is 2.97. The van der Waals surface area contributed by atoms with E-state index in [1.807, 2.05) is 30.3 Å². The minimum atomic E-state index is -0.935. The van der Waals surface area contributed by atoms with Crippen LogP contribution >= 0.6 is 0 Å². The molecule has 0 radical (unpaired) electrons. The minimum Gasteiger partial charge on any atom is -0.481 e. The van der Waals surface area contributed by atoms with Gasteiger partial charge in [0.05, 0.1) is 17.8 Å². The Bertz CT molecular complexity index is 701. The standard InChI is InChI=1S/C17H17N3O3/c21-16-8-13(17(22)23)11-20(16)14-6-7-15(19-10-14)18-9-12-4-2-1-3-5-12/h1-7,10,13H,8-9,11H2,(H,18,19)(H,22,23)/t13-/m1/s1. The maximum atomic E-state index is 11.9. The lowest BCUT2D eigenvalue weighted by atomic mass is 10.1. The fraction of sp³-hybridized carbons (Fsp3) is 0.235. The maximum absolute atomic E-state index is 11.9. The van der Waals surface area contributed by atoms with Crippen LogP contribution in [0.5, 0.6) is 0 Å². The number of nitrogens with one attached hydrogen (secondary N) is 1. The number of nitrogens with zero attached hydrogens (tertiary/aromatic N) is 2. The van der Waals surface area contributed by atoms with Crippen LogP contribution in [0.4, 0.5) is 11.5 Å². The molecule has 0 aliphatic carbocycles. The fourth-order valence-electron chi connectivity index (χ4n) is 2.56. The van der Waals surface area contributed by atoms with Gasteiger partial charge in [-0.1, -0.05) is 30.3 Å². The highest BCUT2D eigenvalue weighted by molar-refractivity contribution is 5.99. The van der Waals surface area contributed by atoms with E-state index in [9.17, 15) is 9.59 Å². The number of hydrogen-bond donors (Lipinski definition) is 2. The third-order valence-corrected chi connectivity index (χ3v) is 3.85. The topological polar surface area (TPSA) is 82.5 Å². The predicted molar refractivity (Wildman–Crippen MR) is 86.1 cm³/mol. The van der Waals surface area contributed by atoms with Crippen molar-refractivity contribution < 1.29 is 14.7 Å². The quantitative estimate of drug-likeness (QED) is 0.884. The minimum absolute atomic E-state index is 0.0450. The largest absolute Gasteiger partial charge is 0.481 e. The molecule has 0 saturated carbocycles. The summed E-state index contributed by atoms with van der Waals surface area (Å²) in [5.74, 6) is -1.04. The van der Waals surface area contributed by atoms with Crippen LogP contribution < -0.4 is 10.2 Å². The number of pyridine rings is 1. The Morgan fingerprint density at radius 2 is 2.04 bits per heavy atom. The third kappa shape index (κ3) is 3.48. The Kier molecular flexibility index (Phi) is 4.23. The molecule has 2 N–H and O–H groups in total. The predicted octanol–water partition coefficient (Wildman–Crippen LogP) is 2.13. The number of amides is 1. The normalized spacial score (nSPS) is 17.3. The molecular weight excluding hydrogens is 294 g/mol. The van der Waals surface area contributed by atoms with Crippen LogP contribution in [-0.4, -0.2) is 28.5 Å². The first-order valence-electron chi connectivity index (χ1n) is 7.40. The van der Waals surface area contributed by atoms with Crippen molar-refractivity contribution in [3.05, 3.63) is 54.2 Å². The van der Waals surface area contributed by atoms with Crippen molar-refractivity contribution in [1.29, 1.82) is 0 Å². The van der Waals surface area contributed by atoms with Crippen molar-refractivity contribution in [2.75, 3.05) is 16.8 Å². The number of carbonyl (C=O) groups excluding carboxylic acids is 1. The Morgan fingerprint density at radius 3 is 2.65 bits per heavy atom. The van der Waals surface area contributed by atoms with E-state index in [4.69, 9.17) is 5.11 Å². The first-order valence-corrected chi connectivity index (χ1v) is 7.40. The van der Waals surface area contributed by atoms with Crippen molar-refractivity contribution in [2.24, 2.45) is 5.92 Å². The molecule has 6 heteroatoms. The lowest BCUT2D eigenvalue weighted by Gasteiger charge is -2.16. The van der Waals surface area contributed by atoms with Crippen molar-refractivity contribution in [1.82, 2.24) is 4.98 Å². The number of anilines is 2. The summed E-state index contributed by atoms with van der Waals surface area (Å²) in [4.78, 5) is 28.7. The molecule has 0 bridgehead atoms. The van der Waals surface area contributed by atoms with Crippen molar-refractivity contribution in [3.63, 3.8) is 0 Å². The summed E-state index contributed by atoms with van der Waals surface area (Å²) in [5.41, 5.74) is 1.78. The molecule has 6 nitrogen and oxygen atoms in total. The molecule has 2 aromatic rings. The van der Waals surface area contributed by atoms with Crippen molar-refractivity contribution in [3.8, 4) is 0 Å². The number of hydrogen-bond acceptors (Lipinski definition) is 4. The van der Waals surface area contributed by atoms with Crippen LogP contribution in [0.2, 0.25) is 0 Å². The van der Waals surface area contributed by atoms with Crippen LogP contribution in [-0.2, 0) is 16.1 Å². The molecule has 2 heterocycles. The maximum Gasteiger partial charge on any atom is 0.308 e. The van der Waals surface area contributed by atoms with E-state index in [1.165, 1.54) is 4.90 Å². The molecule has 0 spiro atoms. The van der Waals surface area contributed by atoms with E-state index < -0.39 is 11.9 Å². The number of carboxylic acids is 1. The van der Waals surface area contributed by atoms with Gasteiger partial charge in [0.2, 0.25) is 5.91 Å². The number of aliphatic carboxylic acids is 1. The number of benzene rings is 1. The van der Waals surface area contributed by atoms with E-state index >= 15 is 0 Å². The molecule has 23 heavy (non-hydrogen) atoms. The van der Waals surface area contributed by atoms with Gasteiger partial charge in [-0.25, -0.2) is 4.98 Å². The van der Waals surface area contributed by atoms with E-state index in [0.717, 1.165) is 5.56 Å². The SMILES string of the molecule is O=C(O)[C@@H]1CC(=O)N(c2ccc(NCc3ccccc3)nc2)C1. The van der Waals surface area contributed by atoms with Gasteiger partial charge in [0.1, 0.15) is 5.82 Å². The van der Waals surface area contributed by atoms with Crippen LogP contribution in [0.3, 0.4) is 0 Å². The second-order valence-corrected chi connectivity index (χ2v) is 5.48. The Balaban J connectivity index is 1.63. The Labute approximate surface area is 133 Å². The molecule has 1 aromatic heterocycles. The van der Waals surface area contributed by atoms with E-state index in [0.29, 0.717) is 18.1 Å². The van der Waals surface area contributed by atoms with E-state index in [2.05, 4.69) is 10.3 Å². The summed E-state index contributed by atoms with van der Waals surface area (Å²) in [5, 5.41) is 12.2. The van der Waals surface area contributed by atoms with Crippen LogP contribution in [0.15, 0.2) is 48.7 Å². The highest BCUT2D eigenvalue weighted by Crippen LogP contribution is 2.25. The van der Waals surface area contributed by atoms with Gasteiger partial charge in [0.15, 0.2) is 0 Å². The zero-order chi connectivity index (χ0) is 16.2. The van der Waals surface area contributed by atoms with E-state index in [1.54, 1.807) is 18.3 Å². The number of carboxylic acid groups (broad SMARTS) is 1. The second kappa shape index (κ2) is 6.48. The highest BCUT2D eigenvalue weighted by Gasteiger charge is 2.35. The smallest absolute Gasteiger partial charge is 0.308 e. The van der Waals surface area contributed by atoms with Gasteiger partial charge < -0.3 is 15.3 Å². The molecular formula is C17H17N3O3. The molecule has 1 aliphatic heterocycles. The summed E-state index contributed by atoms with van der Waals surface area (Å²) in [7, 11) is 0. The molecule has 1 fully saturated rings. The third-order valence-electron chi connectivity index (χ3n) is 3.85. The van der Waals surface area contributed by atoms with Gasteiger partial charge in [-0.2, -0.15) is 0 Å². The van der Waals surface area contributed by atoms with Crippen molar-refractivity contribution >= 4 is 23.4 Å². The first-order chi connectivity index (χ1) is 11.1. The molecule has 118 valence electrons. The van der Waals surface area contributed by atoms with Gasteiger partial charge in [-0.3, -0.25) is 9.59 Å². The van der Waals surface area contributed by atoms with Gasteiger partial charge in [-0.15, -0.1) is 0 Å². The average molecular weight is 311 g/mol. The first kappa shape index (κ1) is 15.0. The number of carbonyl (C=O) groups is 2. The second-order valence-electron chi connectivity index (χ2n) is 5.48. The summed E-state index contributed by atoms with van der Waals surface area (Å²) in [6, 6.07) is 13.5. The molecule has 1 aromatic carbocycles. The van der Waals surface area contributed by atoms with Gasteiger partial charge >= 0.3 is 5.97 Å². The molecule has 3 rings (SSSR count). The zero-order valence-corrected chi connectivity index (χ0v) is 12.5. The lowest BCUT2D eigenvalue weighted by molar-refractivity contribution is -0.141.